The first-order valence-electron chi connectivity index (χ1n) is 7.32. The van der Waals surface area contributed by atoms with Gasteiger partial charge in [-0.2, -0.15) is 0 Å². The second kappa shape index (κ2) is 6.01. The van der Waals surface area contributed by atoms with Crippen LogP contribution in [0.2, 0.25) is 5.02 Å². The van der Waals surface area contributed by atoms with E-state index in [0.717, 1.165) is 28.1 Å². The average molecular weight is 316 g/mol. The van der Waals surface area contributed by atoms with Crippen molar-refractivity contribution >= 4 is 23.2 Å². The molecule has 4 heteroatoms. The Kier molecular flexibility index (Phi) is 4.08. The summed E-state index contributed by atoms with van der Waals surface area (Å²) in [6, 6.07) is 11.6. The summed E-state index contributed by atoms with van der Waals surface area (Å²) in [7, 11) is 0. The lowest BCUT2D eigenvalue weighted by Gasteiger charge is -2.25. The van der Waals surface area contributed by atoms with Crippen molar-refractivity contribution < 1.29 is 9.53 Å². The van der Waals surface area contributed by atoms with E-state index in [4.69, 9.17) is 16.3 Å². The van der Waals surface area contributed by atoms with Crippen LogP contribution >= 0.6 is 11.6 Å². The van der Waals surface area contributed by atoms with Gasteiger partial charge in [0, 0.05) is 10.7 Å². The van der Waals surface area contributed by atoms with E-state index in [1.165, 1.54) is 0 Å². The summed E-state index contributed by atoms with van der Waals surface area (Å²) < 4.78 is 5.68. The minimum absolute atomic E-state index is 0.0145. The Hall–Kier alpha value is -2.00. The zero-order valence-corrected chi connectivity index (χ0v) is 13.4. The molecule has 2 aromatic carbocycles. The molecule has 0 saturated carbocycles. The van der Waals surface area contributed by atoms with Crippen LogP contribution in [0.1, 0.15) is 16.7 Å². The maximum atomic E-state index is 12.5. The summed E-state index contributed by atoms with van der Waals surface area (Å²) in [6.45, 7) is 4.39. The predicted molar refractivity (Wildman–Crippen MR) is 88.7 cm³/mol. The molecule has 114 valence electrons. The quantitative estimate of drug-likeness (QED) is 0.904. The summed E-state index contributed by atoms with van der Waals surface area (Å²) in [4.78, 5) is 12.5. The molecule has 1 heterocycles. The van der Waals surface area contributed by atoms with Crippen LogP contribution in [0.15, 0.2) is 36.4 Å². The van der Waals surface area contributed by atoms with Crippen LogP contribution in [0.5, 0.6) is 5.75 Å². The normalized spacial score (nSPS) is 16.6. The van der Waals surface area contributed by atoms with Crippen LogP contribution in [-0.4, -0.2) is 12.5 Å². The standard InChI is InChI=1S/C18H18ClNO2/c1-11-3-4-12(2)16(7-11)20-18(21)14-8-13-9-15(19)5-6-17(13)22-10-14/h3-7,9,14H,8,10H2,1-2H3,(H,20,21). The van der Waals surface area contributed by atoms with Gasteiger partial charge < -0.3 is 10.1 Å². The molecule has 0 radical (unpaired) electrons. The number of amides is 1. The molecule has 1 aliphatic rings. The van der Waals surface area contributed by atoms with Gasteiger partial charge in [0.25, 0.3) is 0 Å². The molecule has 0 aromatic heterocycles. The number of rotatable bonds is 2. The van der Waals surface area contributed by atoms with E-state index in [1.807, 2.05) is 44.2 Å². The number of ether oxygens (including phenoxy) is 1. The highest BCUT2D eigenvalue weighted by molar-refractivity contribution is 6.30. The van der Waals surface area contributed by atoms with E-state index >= 15 is 0 Å². The highest BCUT2D eigenvalue weighted by Crippen LogP contribution is 2.30. The molecule has 1 N–H and O–H groups in total. The molecule has 3 rings (SSSR count). The molecule has 0 saturated heterocycles. The Labute approximate surface area is 135 Å². The van der Waals surface area contributed by atoms with Gasteiger partial charge in [0.2, 0.25) is 5.91 Å². The van der Waals surface area contributed by atoms with E-state index < -0.39 is 0 Å². The molecule has 3 nitrogen and oxygen atoms in total. The van der Waals surface area contributed by atoms with Crippen molar-refractivity contribution in [2.24, 2.45) is 5.92 Å². The van der Waals surface area contributed by atoms with Gasteiger partial charge >= 0.3 is 0 Å². The predicted octanol–water partition coefficient (Wildman–Crippen LogP) is 4.15. The van der Waals surface area contributed by atoms with Gasteiger partial charge in [-0.1, -0.05) is 23.7 Å². The fraction of sp³-hybridized carbons (Fsp3) is 0.278. The van der Waals surface area contributed by atoms with Crippen LogP contribution in [-0.2, 0) is 11.2 Å². The summed E-state index contributed by atoms with van der Waals surface area (Å²) in [6.07, 6.45) is 0.645. The Bertz CT molecular complexity index is 727. The third kappa shape index (κ3) is 3.09. The number of aryl methyl sites for hydroxylation is 2. The number of carbonyl (C=O) groups is 1. The summed E-state index contributed by atoms with van der Waals surface area (Å²) >= 11 is 6.02. The number of fused-ring (bicyclic) bond motifs is 1. The molecule has 1 atom stereocenters. The van der Waals surface area contributed by atoms with Gasteiger partial charge in [0.05, 0.1) is 5.92 Å². The molecule has 1 aliphatic heterocycles. The van der Waals surface area contributed by atoms with Crippen LogP contribution in [0.4, 0.5) is 5.69 Å². The van der Waals surface area contributed by atoms with Gasteiger partial charge in [-0.05, 0) is 61.2 Å². The maximum absolute atomic E-state index is 12.5. The number of nitrogens with one attached hydrogen (secondary N) is 1. The van der Waals surface area contributed by atoms with E-state index in [9.17, 15) is 4.79 Å². The molecular weight excluding hydrogens is 298 g/mol. The molecule has 0 aliphatic carbocycles. The topological polar surface area (TPSA) is 38.3 Å². The first kappa shape index (κ1) is 14.9. The number of halogens is 1. The Balaban J connectivity index is 1.75. The van der Waals surface area contributed by atoms with E-state index in [0.29, 0.717) is 18.1 Å². The lowest BCUT2D eigenvalue weighted by atomic mass is 9.95. The Morgan fingerprint density at radius 2 is 2.05 bits per heavy atom. The molecular formula is C18H18ClNO2. The molecule has 0 spiro atoms. The minimum Gasteiger partial charge on any atom is -0.492 e. The van der Waals surface area contributed by atoms with E-state index in [2.05, 4.69) is 5.32 Å². The SMILES string of the molecule is Cc1ccc(C)c(NC(=O)C2COc3ccc(Cl)cc3C2)c1. The Morgan fingerprint density at radius 3 is 2.86 bits per heavy atom. The number of hydrogen-bond acceptors (Lipinski definition) is 2. The lowest BCUT2D eigenvalue weighted by molar-refractivity contribution is -0.121. The number of benzene rings is 2. The fourth-order valence-electron chi connectivity index (χ4n) is 2.64. The van der Waals surface area contributed by atoms with Crippen molar-refractivity contribution in [3.05, 3.63) is 58.1 Å². The highest BCUT2D eigenvalue weighted by Gasteiger charge is 2.26. The second-order valence-electron chi connectivity index (χ2n) is 5.77. The van der Waals surface area contributed by atoms with Crippen molar-refractivity contribution in [2.75, 3.05) is 11.9 Å². The summed E-state index contributed by atoms with van der Waals surface area (Å²) in [5.41, 5.74) is 4.03. The molecule has 1 unspecified atom stereocenters. The number of carbonyl (C=O) groups excluding carboxylic acids is 1. The zero-order valence-electron chi connectivity index (χ0n) is 12.7. The van der Waals surface area contributed by atoms with Crippen LogP contribution in [0, 0.1) is 19.8 Å². The monoisotopic (exact) mass is 315 g/mol. The average Bonchev–Trinajstić information content (AvgIpc) is 2.50. The van der Waals surface area contributed by atoms with E-state index in [-0.39, 0.29) is 11.8 Å². The smallest absolute Gasteiger partial charge is 0.231 e. The fourth-order valence-corrected chi connectivity index (χ4v) is 2.83. The molecule has 1 amide bonds. The largest absolute Gasteiger partial charge is 0.492 e. The third-order valence-corrected chi connectivity index (χ3v) is 4.19. The maximum Gasteiger partial charge on any atom is 0.231 e. The van der Waals surface area contributed by atoms with Crippen molar-refractivity contribution in [1.82, 2.24) is 0 Å². The first-order chi connectivity index (χ1) is 10.5. The lowest BCUT2D eigenvalue weighted by Crippen LogP contribution is -2.32. The first-order valence-corrected chi connectivity index (χ1v) is 7.70. The van der Waals surface area contributed by atoms with Gasteiger partial charge in [-0.15, -0.1) is 0 Å². The van der Waals surface area contributed by atoms with Gasteiger partial charge in [0.15, 0.2) is 0 Å². The molecule has 2 aromatic rings. The Morgan fingerprint density at radius 1 is 1.23 bits per heavy atom. The van der Waals surface area contributed by atoms with Crippen molar-refractivity contribution in [3.63, 3.8) is 0 Å². The highest BCUT2D eigenvalue weighted by atomic mass is 35.5. The zero-order chi connectivity index (χ0) is 15.7. The van der Waals surface area contributed by atoms with Gasteiger partial charge in [-0.3, -0.25) is 4.79 Å². The second-order valence-corrected chi connectivity index (χ2v) is 6.21. The molecule has 0 fully saturated rings. The van der Waals surface area contributed by atoms with Crippen LogP contribution < -0.4 is 10.1 Å². The minimum atomic E-state index is -0.203. The number of hydrogen-bond donors (Lipinski definition) is 1. The van der Waals surface area contributed by atoms with Crippen molar-refractivity contribution in [3.8, 4) is 5.75 Å². The van der Waals surface area contributed by atoms with Gasteiger partial charge in [0.1, 0.15) is 12.4 Å². The van der Waals surface area contributed by atoms with Crippen molar-refractivity contribution in [1.29, 1.82) is 0 Å². The van der Waals surface area contributed by atoms with E-state index in [1.54, 1.807) is 6.07 Å². The van der Waals surface area contributed by atoms with Crippen LogP contribution in [0.25, 0.3) is 0 Å². The summed E-state index contributed by atoms with van der Waals surface area (Å²) in [5, 5.41) is 3.68. The molecule has 0 bridgehead atoms. The van der Waals surface area contributed by atoms with Gasteiger partial charge in [-0.25, -0.2) is 0 Å². The number of anilines is 1. The van der Waals surface area contributed by atoms with Crippen LogP contribution in [0.3, 0.4) is 0 Å². The third-order valence-electron chi connectivity index (χ3n) is 3.95. The van der Waals surface area contributed by atoms with Crippen molar-refractivity contribution in [2.45, 2.75) is 20.3 Å². The molecule has 22 heavy (non-hydrogen) atoms. The summed E-state index contributed by atoms with van der Waals surface area (Å²) in [5.74, 6) is 0.602.